The van der Waals surface area contributed by atoms with E-state index in [9.17, 15) is 18.0 Å². The number of esters is 1. The summed E-state index contributed by atoms with van der Waals surface area (Å²) in [5.74, 6) is -0.957. The number of sulfonamides is 1. The molecule has 1 saturated carbocycles. The average molecular weight is 495 g/mol. The second-order valence-electron chi connectivity index (χ2n) is 8.95. The van der Waals surface area contributed by atoms with E-state index >= 15 is 0 Å². The number of benzene rings is 3. The van der Waals surface area contributed by atoms with E-state index in [1.54, 1.807) is 42.5 Å². The maximum absolute atomic E-state index is 13.5. The highest BCUT2D eigenvalue weighted by molar-refractivity contribution is 7.89. The Labute approximate surface area is 205 Å². The fraction of sp³-hybridized carbons (Fsp3) is 0.333. The van der Waals surface area contributed by atoms with Gasteiger partial charge in [0.05, 0.1) is 12.0 Å². The maximum Gasteiger partial charge on any atom is 0.324 e. The molecule has 1 amide bonds. The van der Waals surface area contributed by atoms with Crippen LogP contribution in [-0.4, -0.2) is 33.4 Å². The normalized spacial score (nSPS) is 15.5. The number of hydrogen-bond donors (Lipinski definition) is 2. The van der Waals surface area contributed by atoms with E-state index in [4.69, 9.17) is 4.74 Å². The number of nitrogens with one attached hydrogen (secondary N) is 2. The van der Waals surface area contributed by atoms with Crippen molar-refractivity contribution in [2.24, 2.45) is 5.92 Å². The molecule has 1 atom stereocenters. The number of fused-ring (bicyclic) bond motifs is 1. The Hall–Kier alpha value is -3.23. The largest absolute Gasteiger partial charge is 0.468 e. The van der Waals surface area contributed by atoms with Crippen LogP contribution in [0.25, 0.3) is 10.8 Å². The van der Waals surface area contributed by atoms with Crippen molar-refractivity contribution >= 4 is 38.4 Å². The zero-order valence-electron chi connectivity index (χ0n) is 19.9. The minimum absolute atomic E-state index is 0.0479. The number of anilines is 1. The molecule has 3 aromatic rings. The lowest BCUT2D eigenvalue weighted by atomic mass is 9.84. The molecule has 1 aliphatic carbocycles. The lowest BCUT2D eigenvalue weighted by molar-refractivity contribution is -0.144. The Morgan fingerprint density at radius 1 is 0.914 bits per heavy atom. The van der Waals surface area contributed by atoms with E-state index in [1.165, 1.54) is 13.2 Å². The van der Waals surface area contributed by atoms with Crippen molar-refractivity contribution in [2.45, 2.75) is 50.0 Å². The monoisotopic (exact) mass is 494 g/mol. The van der Waals surface area contributed by atoms with Crippen LogP contribution in [0.15, 0.2) is 65.6 Å². The molecule has 1 aliphatic rings. The van der Waals surface area contributed by atoms with Gasteiger partial charge in [0.15, 0.2) is 0 Å². The third-order valence-electron chi connectivity index (χ3n) is 6.67. The lowest BCUT2D eigenvalue weighted by Crippen LogP contribution is -2.47. The Bertz CT molecular complexity index is 1350. The zero-order chi connectivity index (χ0) is 25.0. The number of ether oxygens (including phenoxy) is 1. The van der Waals surface area contributed by atoms with Gasteiger partial charge >= 0.3 is 5.97 Å². The standard InChI is InChI=1S/C27H30N2O5S/c1-18-10-6-7-13-20(18)26(30)28-23-16-17-24(22-15-9-8-14-21(22)23)35(32,33)29-25(27(31)34-2)19-11-4-3-5-12-19/h6-10,13-17,19,25,29H,3-5,11-12H2,1-2H3,(H,28,30)/t25-/m0/s1. The SMILES string of the molecule is COC(=O)[C@@H](NS(=O)(=O)c1ccc(NC(=O)c2ccccc2C)c2ccccc12)C1CCCCC1. The van der Waals surface area contributed by atoms with Gasteiger partial charge in [-0.15, -0.1) is 0 Å². The van der Waals surface area contributed by atoms with Crippen LogP contribution in [0.2, 0.25) is 0 Å². The molecule has 0 unspecified atom stereocenters. The van der Waals surface area contributed by atoms with Crippen molar-refractivity contribution in [3.05, 3.63) is 71.8 Å². The van der Waals surface area contributed by atoms with Gasteiger partial charge in [-0.2, -0.15) is 4.72 Å². The second-order valence-corrected chi connectivity index (χ2v) is 10.6. The van der Waals surface area contributed by atoms with Gasteiger partial charge in [-0.1, -0.05) is 61.7 Å². The van der Waals surface area contributed by atoms with Gasteiger partial charge in [-0.25, -0.2) is 8.42 Å². The summed E-state index contributed by atoms with van der Waals surface area (Å²) in [4.78, 5) is 25.5. The summed E-state index contributed by atoms with van der Waals surface area (Å²) in [5, 5.41) is 3.95. The van der Waals surface area contributed by atoms with Crippen molar-refractivity contribution in [3.63, 3.8) is 0 Å². The number of carbonyl (C=O) groups excluding carboxylic acids is 2. The Morgan fingerprint density at radius 2 is 1.57 bits per heavy atom. The van der Waals surface area contributed by atoms with Crippen molar-refractivity contribution in [2.75, 3.05) is 12.4 Å². The summed E-state index contributed by atoms with van der Waals surface area (Å²) in [6.45, 7) is 1.86. The first kappa shape index (κ1) is 24.9. The predicted octanol–water partition coefficient (Wildman–Crippen LogP) is 4.80. The number of hydrogen-bond acceptors (Lipinski definition) is 5. The quantitative estimate of drug-likeness (QED) is 0.460. The van der Waals surface area contributed by atoms with Crippen LogP contribution < -0.4 is 10.0 Å². The van der Waals surface area contributed by atoms with Gasteiger partial charge in [-0.05, 0) is 49.4 Å². The van der Waals surface area contributed by atoms with Crippen LogP contribution in [0.5, 0.6) is 0 Å². The van der Waals surface area contributed by atoms with E-state index in [0.717, 1.165) is 37.7 Å². The summed E-state index contributed by atoms with van der Waals surface area (Å²) in [7, 11) is -2.79. The number of aryl methyl sites for hydroxylation is 1. The van der Waals surface area contributed by atoms with Crippen molar-refractivity contribution in [1.29, 1.82) is 0 Å². The molecule has 4 rings (SSSR count). The maximum atomic E-state index is 13.5. The predicted molar refractivity (Wildman–Crippen MR) is 136 cm³/mol. The van der Waals surface area contributed by atoms with Crippen LogP contribution in [0, 0.1) is 12.8 Å². The van der Waals surface area contributed by atoms with Gasteiger partial charge in [0.25, 0.3) is 5.91 Å². The molecule has 184 valence electrons. The number of carbonyl (C=O) groups is 2. The molecule has 35 heavy (non-hydrogen) atoms. The zero-order valence-corrected chi connectivity index (χ0v) is 20.7. The molecule has 1 fully saturated rings. The van der Waals surface area contributed by atoms with Crippen LogP contribution in [0.4, 0.5) is 5.69 Å². The van der Waals surface area contributed by atoms with Gasteiger partial charge in [0, 0.05) is 22.0 Å². The lowest BCUT2D eigenvalue weighted by Gasteiger charge is -2.29. The average Bonchev–Trinajstić information content (AvgIpc) is 2.87. The second kappa shape index (κ2) is 10.6. The fourth-order valence-electron chi connectivity index (χ4n) is 4.79. The van der Waals surface area contributed by atoms with Gasteiger partial charge in [0.2, 0.25) is 10.0 Å². The van der Waals surface area contributed by atoms with E-state index in [1.807, 2.05) is 19.1 Å². The van der Waals surface area contributed by atoms with Gasteiger partial charge in [0.1, 0.15) is 6.04 Å². The van der Waals surface area contributed by atoms with Crippen molar-refractivity contribution < 1.29 is 22.7 Å². The first-order valence-corrected chi connectivity index (χ1v) is 13.3. The minimum atomic E-state index is -4.06. The van der Waals surface area contributed by atoms with E-state index in [-0.39, 0.29) is 16.7 Å². The van der Waals surface area contributed by atoms with Crippen molar-refractivity contribution in [1.82, 2.24) is 4.72 Å². The number of rotatable bonds is 7. The molecule has 0 saturated heterocycles. The van der Waals surface area contributed by atoms with Gasteiger partial charge in [-0.3, -0.25) is 9.59 Å². The van der Waals surface area contributed by atoms with E-state index < -0.39 is 22.0 Å². The Morgan fingerprint density at radius 3 is 2.26 bits per heavy atom. The molecular weight excluding hydrogens is 464 g/mol. The molecule has 0 aromatic heterocycles. The third kappa shape index (κ3) is 5.39. The third-order valence-corrected chi connectivity index (χ3v) is 8.17. The van der Waals surface area contributed by atoms with Crippen LogP contribution in [0.3, 0.4) is 0 Å². The van der Waals surface area contributed by atoms with Gasteiger partial charge < -0.3 is 10.1 Å². The fourth-order valence-corrected chi connectivity index (χ4v) is 6.26. The summed E-state index contributed by atoms with van der Waals surface area (Å²) >= 11 is 0. The summed E-state index contributed by atoms with van der Waals surface area (Å²) in [6.07, 6.45) is 4.54. The highest BCUT2D eigenvalue weighted by atomic mass is 32.2. The molecule has 2 N–H and O–H groups in total. The topological polar surface area (TPSA) is 102 Å². The van der Waals surface area contributed by atoms with Crippen LogP contribution >= 0.6 is 0 Å². The smallest absolute Gasteiger partial charge is 0.324 e. The highest BCUT2D eigenvalue weighted by Gasteiger charge is 2.35. The molecule has 7 nitrogen and oxygen atoms in total. The molecule has 0 bridgehead atoms. The molecule has 8 heteroatoms. The summed E-state index contributed by atoms with van der Waals surface area (Å²) in [5.41, 5.74) is 1.89. The van der Waals surface area contributed by atoms with Crippen LogP contribution in [-0.2, 0) is 19.6 Å². The molecule has 0 radical (unpaired) electrons. The molecular formula is C27H30N2O5S. The summed E-state index contributed by atoms with van der Waals surface area (Å²) < 4.78 is 34.6. The molecule has 3 aromatic carbocycles. The van der Waals surface area contributed by atoms with Crippen molar-refractivity contribution in [3.8, 4) is 0 Å². The Kier molecular flexibility index (Phi) is 7.52. The highest BCUT2D eigenvalue weighted by Crippen LogP contribution is 2.32. The first-order chi connectivity index (χ1) is 16.8. The number of methoxy groups -OCH3 is 1. The van der Waals surface area contributed by atoms with Crippen LogP contribution in [0.1, 0.15) is 48.0 Å². The molecule has 0 aliphatic heterocycles. The first-order valence-electron chi connectivity index (χ1n) is 11.8. The molecule has 0 heterocycles. The minimum Gasteiger partial charge on any atom is -0.468 e. The molecule has 0 spiro atoms. The Balaban J connectivity index is 1.68. The van der Waals surface area contributed by atoms with E-state index in [2.05, 4.69) is 10.0 Å². The van der Waals surface area contributed by atoms with E-state index in [0.29, 0.717) is 22.0 Å². The number of amides is 1. The summed E-state index contributed by atoms with van der Waals surface area (Å²) in [6, 6.07) is 16.4.